The summed E-state index contributed by atoms with van der Waals surface area (Å²) in [5.41, 5.74) is 1.21. The molecule has 0 heterocycles. The van der Waals surface area contributed by atoms with Crippen molar-refractivity contribution in [1.29, 1.82) is 0 Å². The van der Waals surface area contributed by atoms with E-state index in [1.807, 2.05) is 0 Å². The number of nitrogens with one attached hydrogen (secondary N) is 2. The second-order valence-electron chi connectivity index (χ2n) is 6.25. The topological polar surface area (TPSA) is 45.7 Å². The maximum absolute atomic E-state index is 6.12. The first kappa shape index (κ1) is 16.7. The smallest absolute Gasteiger partial charge is 0.191 e. The quantitative estimate of drug-likeness (QED) is 0.647. The van der Waals surface area contributed by atoms with Crippen molar-refractivity contribution in [1.82, 2.24) is 10.6 Å². The number of benzene rings is 1. The van der Waals surface area contributed by atoms with Gasteiger partial charge in [-0.2, -0.15) is 0 Å². The lowest BCUT2D eigenvalue weighted by molar-refractivity contribution is 0.155. The van der Waals surface area contributed by atoms with Crippen LogP contribution in [0.5, 0.6) is 5.75 Å². The molecule has 0 aliphatic heterocycles. The van der Waals surface area contributed by atoms with E-state index in [1.54, 1.807) is 7.05 Å². The van der Waals surface area contributed by atoms with E-state index in [1.165, 1.54) is 37.7 Å². The Bertz CT molecular complexity index is 479. The lowest BCUT2D eigenvalue weighted by atomic mass is 9.98. The number of ether oxygens (including phenoxy) is 1. The molecule has 0 atom stereocenters. The highest BCUT2D eigenvalue weighted by molar-refractivity contribution is 5.79. The van der Waals surface area contributed by atoms with E-state index in [-0.39, 0.29) is 0 Å². The van der Waals surface area contributed by atoms with Gasteiger partial charge in [0.2, 0.25) is 0 Å². The minimum Gasteiger partial charge on any atom is -0.490 e. The summed E-state index contributed by atoms with van der Waals surface area (Å²) in [4.78, 5) is 4.22. The molecule has 22 heavy (non-hydrogen) atoms. The molecule has 122 valence electrons. The summed E-state index contributed by atoms with van der Waals surface area (Å²) in [5, 5.41) is 6.62. The van der Waals surface area contributed by atoms with Gasteiger partial charge < -0.3 is 15.4 Å². The van der Waals surface area contributed by atoms with E-state index in [4.69, 9.17) is 4.74 Å². The Morgan fingerprint density at radius 3 is 2.73 bits per heavy atom. The number of nitrogens with zero attached hydrogens (tertiary/aromatic N) is 1. The van der Waals surface area contributed by atoms with Gasteiger partial charge in [-0.3, -0.25) is 4.99 Å². The van der Waals surface area contributed by atoms with Gasteiger partial charge in [-0.1, -0.05) is 18.6 Å². The van der Waals surface area contributed by atoms with Crippen LogP contribution in [0.4, 0.5) is 0 Å². The monoisotopic (exact) mass is 303 g/mol. The molecule has 0 bridgehead atoms. The van der Waals surface area contributed by atoms with Gasteiger partial charge in [0, 0.05) is 19.6 Å². The Balaban J connectivity index is 1.87. The summed E-state index contributed by atoms with van der Waals surface area (Å²) in [7, 11) is 1.79. The molecule has 2 N–H and O–H groups in total. The van der Waals surface area contributed by atoms with Crippen molar-refractivity contribution in [2.24, 2.45) is 4.99 Å². The Kier molecular flexibility index (Phi) is 6.56. The summed E-state index contributed by atoms with van der Waals surface area (Å²) in [5.74, 6) is 1.81. The van der Waals surface area contributed by atoms with Crippen molar-refractivity contribution in [2.45, 2.75) is 64.6 Å². The molecule has 0 saturated heterocycles. The summed E-state index contributed by atoms with van der Waals surface area (Å²) in [6.45, 7) is 4.95. The maximum Gasteiger partial charge on any atom is 0.191 e. The molecule has 0 amide bonds. The molecule has 2 rings (SSSR count). The lowest BCUT2D eigenvalue weighted by Crippen LogP contribution is -2.40. The SMILES string of the molecule is CN=C(NCc1cccc(OC2CCCCC2)c1)NC(C)C. The van der Waals surface area contributed by atoms with Crippen LogP contribution in [0.3, 0.4) is 0 Å². The van der Waals surface area contributed by atoms with Crippen LogP contribution in [0.2, 0.25) is 0 Å². The molecule has 4 heteroatoms. The summed E-state index contributed by atoms with van der Waals surface area (Å²) in [6.07, 6.45) is 6.71. The first-order valence-corrected chi connectivity index (χ1v) is 8.40. The molecule has 4 nitrogen and oxygen atoms in total. The molecule has 1 fully saturated rings. The Morgan fingerprint density at radius 2 is 2.05 bits per heavy atom. The van der Waals surface area contributed by atoms with E-state index in [0.717, 1.165) is 18.3 Å². The third-order valence-electron chi connectivity index (χ3n) is 3.86. The van der Waals surface area contributed by atoms with Gasteiger partial charge in [0.1, 0.15) is 5.75 Å². The fourth-order valence-corrected chi connectivity index (χ4v) is 2.76. The van der Waals surface area contributed by atoms with Gasteiger partial charge in [-0.05, 0) is 57.2 Å². The van der Waals surface area contributed by atoms with E-state index in [2.05, 4.69) is 53.7 Å². The number of hydrogen-bond acceptors (Lipinski definition) is 2. The molecular formula is C18H29N3O. The van der Waals surface area contributed by atoms with Crippen molar-refractivity contribution in [3.8, 4) is 5.75 Å². The number of aliphatic imine (C=N–C) groups is 1. The van der Waals surface area contributed by atoms with Crippen molar-refractivity contribution in [3.63, 3.8) is 0 Å². The first-order valence-electron chi connectivity index (χ1n) is 8.40. The van der Waals surface area contributed by atoms with Crippen molar-refractivity contribution in [3.05, 3.63) is 29.8 Å². The third kappa shape index (κ3) is 5.58. The van der Waals surface area contributed by atoms with Crippen LogP contribution in [0.25, 0.3) is 0 Å². The van der Waals surface area contributed by atoms with Gasteiger partial charge in [0.15, 0.2) is 5.96 Å². The number of rotatable bonds is 5. The highest BCUT2D eigenvalue weighted by Crippen LogP contribution is 2.23. The Labute approximate surface area is 134 Å². The van der Waals surface area contributed by atoms with Crippen molar-refractivity contribution < 1.29 is 4.74 Å². The Hall–Kier alpha value is -1.71. The Morgan fingerprint density at radius 1 is 1.27 bits per heavy atom. The van der Waals surface area contributed by atoms with Crippen LogP contribution >= 0.6 is 0 Å². The van der Waals surface area contributed by atoms with Gasteiger partial charge in [0.05, 0.1) is 6.10 Å². The maximum atomic E-state index is 6.12. The number of hydrogen-bond donors (Lipinski definition) is 2. The van der Waals surface area contributed by atoms with Crippen LogP contribution in [-0.2, 0) is 6.54 Å². The van der Waals surface area contributed by atoms with Gasteiger partial charge >= 0.3 is 0 Å². The molecule has 0 aromatic heterocycles. The minimum atomic E-state index is 0.368. The predicted octanol–water partition coefficient (Wildman–Crippen LogP) is 3.47. The molecular weight excluding hydrogens is 274 g/mol. The molecule has 1 aliphatic rings. The predicted molar refractivity (Wildman–Crippen MR) is 92.4 cm³/mol. The molecule has 1 aliphatic carbocycles. The molecule has 0 spiro atoms. The molecule has 1 saturated carbocycles. The zero-order chi connectivity index (χ0) is 15.8. The normalized spacial score (nSPS) is 16.6. The molecule has 0 unspecified atom stereocenters. The van der Waals surface area contributed by atoms with Crippen LogP contribution in [0.15, 0.2) is 29.3 Å². The minimum absolute atomic E-state index is 0.368. The largest absolute Gasteiger partial charge is 0.490 e. The second kappa shape index (κ2) is 8.66. The average molecular weight is 303 g/mol. The van der Waals surface area contributed by atoms with Crippen molar-refractivity contribution >= 4 is 5.96 Å². The standard InChI is InChI=1S/C18H29N3O/c1-14(2)21-18(19-3)20-13-15-8-7-11-17(12-15)22-16-9-5-4-6-10-16/h7-8,11-12,14,16H,4-6,9-10,13H2,1-3H3,(H2,19,20,21). The molecule has 0 radical (unpaired) electrons. The van der Waals surface area contributed by atoms with Crippen LogP contribution in [0.1, 0.15) is 51.5 Å². The van der Waals surface area contributed by atoms with E-state index in [0.29, 0.717) is 12.1 Å². The second-order valence-corrected chi connectivity index (χ2v) is 6.25. The molecule has 1 aromatic carbocycles. The fraction of sp³-hybridized carbons (Fsp3) is 0.611. The van der Waals surface area contributed by atoms with Crippen LogP contribution < -0.4 is 15.4 Å². The van der Waals surface area contributed by atoms with E-state index < -0.39 is 0 Å². The highest BCUT2D eigenvalue weighted by Gasteiger charge is 2.14. The van der Waals surface area contributed by atoms with Gasteiger partial charge in [-0.15, -0.1) is 0 Å². The van der Waals surface area contributed by atoms with E-state index in [9.17, 15) is 0 Å². The fourth-order valence-electron chi connectivity index (χ4n) is 2.76. The average Bonchev–Trinajstić information content (AvgIpc) is 2.52. The summed E-state index contributed by atoms with van der Waals surface area (Å²) in [6, 6.07) is 8.73. The molecule has 1 aromatic rings. The lowest BCUT2D eigenvalue weighted by Gasteiger charge is -2.23. The summed E-state index contributed by atoms with van der Waals surface area (Å²) >= 11 is 0. The zero-order valence-corrected chi connectivity index (χ0v) is 14.1. The van der Waals surface area contributed by atoms with Crippen LogP contribution in [0, 0.1) is 0 Å². The summed E-state index contributed by atoms with van der Waals surface area (Å²) < 4.78 is 6.12. The third-order valence-corrected chi connectivity index (χ3v) is 3.86. The number of guanidine groups is 1. The van der Waals surface area contributed by atoms with Gasteiger partial charge in [0.25, 0.3) is 0 Å². The van der Waals surface area contributed by atoms with Crippen LogP contribution in [-0.4, -0.2) is 25.2 Å². The van der Waals surface area contributed by atoms with Gasteiger partial charge in [-0.25, -0.2) is 0 Å². The van der Waals surface area contributed by atoms with E-state index >= 15 is 0 Å². The van der Waals surface area contributed by atoms with Crippen molar-refractivity contribution in [2.75, 3.05) is 7.05 Å². The zero-order valence-electron chi connectivity index (χ0n) is 14.1. The first-order chi connectivity index (χ1) is 10.7. The highest BCUT2D eigenvalue weighted by atomic mass is 16.5.